The Bertz CT molecular complexity index is 676. The van der Waals surface area contributed by atoms with Crippen LogP contribution in [-0.2, 0) is 10.0 Å². The summed E-state index contributed by atoms with van der Waals surface area (Å²) in [5.41, 5.74) is 7.43. The number of aromatic nitrogens is 2. The molecule has 2 rings (SSSR count). The number of nitrogens with zero attached hydrogens (tertiary/aromatic N) is 1. The highest BCUT2D eigenvalue weighted by atomic mass is 32.2. The molecule has 0 atom stereocenters. The van der Waals surface area contributed by atoms with Gasteiger partial charge in [0.05, 0.1) is 5.69 Å². The highest BCUT2D eigenvalue weighted by Crippen LogP contribution is 2.22. The molecule has 0 aliphatic carbocycles. The largest absolute Gasteiger partial charge is 0.398 e. The van der Waals surface area contributed by atoms with Crippen molar-refractivity contribution in [3.8, 4) is 0 Å². The van der Waals surface area contributed by atoms with Gasteiger partial charge in [0.15, 0.2) is 5.82 Å². The molecule has 0 amide bonds. The lowest BCUT2D eigenvalue weighted by molar-refractivity contribution is 0.601. The maximum Gasteiger partial charge on any atom is 0.265 e. The summed E-state index contributed by atoms with van der Waals surface area (Å²) in [7, 11) is -3.71. The van der Waals surface area contributed by atoms with Gasteiger partial charge in [0.25, 0.3) is 10.0 Å². The van der Waals surface area contributed by atoms with Gasteiger partial charge in [0, 0.05) is 11.3 Å². The second-order valence-electron chi connectivity index (χ2n) is 3.97. The molecule has 1 heterocycles. The van der Waals surface area contributed by atoms with Crippen LogP contribution in [0.15, 0.2) is 29.2 Å². The Kier molecular flexibility index (Phi) is 3.00. The van der Waals surface area contributed by atoms with Gasteiger partial charge in [-0.2, -0.15) is 5.10 Å². The molecule has 0 aliphatic heterocycles. The van der Waals surface area contributed by atoms with Crippen molar-refractivity contribution in [1.29, 1.82) is 0 Å². The van der Waals surface area contributed by atoms with E-state index in [9.17, 15) is 8.42 Å². The van der Waals surface area contributed by atoms with Gasteiger partial charge < -0.3 is 5.73 Å². The summed E-state index contributed by atoms with van der Waals surface area (Å²) in [5, 5.41) is 6.62. The molecule has 0 aliphatic rings. The molecule has 7 heteroatoms. The van der Waals surface area contributed by atoms with Gasteiger partial charge >= 0.3 is 0 Å². The first-order valence-corrected chi connectivity index (χ1v) is 6.79. The summed E-state index contributed by atoms with van der Waals surface area (Å²) in [4.78, 5) is 0.0463. The minimum absolute atomic E-state index is 0.0463. The summed E-state index contributed by atoms with van der Waals surface area (Å²) in [6, 6.07) is 6.29. The normalized spacial score (nSPS) is 11.4. The van der Waals surface area contributed by atoms with E-state index >= 15 is 0 Å². The van der Waals surface area contributed by atoms with Crippen LogP contribution in [0.1, 0.15) is 11.3 Å². The topological polar surface area (TPSA) is 101 Å². The number of rotatable bonds is 3. The molecule has 0 saturated carbocycles. The van der Waals surface area contributed by atoms with Crippen LogP contribution in [0.3, 0.4) is 0 Å². The van der Waals surface area contributed by atoms with Gasteiger partial charge in [-0.1, -0.05) is 12.1 Å². The summed E-state index contributed by atoms with van der Waals surface area (Å²) in [6.45, 7) is 3.60. The number of sulfonamides is 1. The van der Waals surface area contributed by atoms with Crippen molar-refractivity contribution in [2.75, 3.05) is 10.5 Å². The third kappa shape index (κ3) is 2.17. The lowest BCUT2D eigenvalue weighted by Gasteiger charge is -2.08. The van der Waals surface area contributed by atoms with Crippen molar-refractivity contribution < 1.29 is 8.42 Å². The molecule has 6 nitrogen and oxygen atoms in total. The number of benzene rings is 1. The molecule has 1 aromatic carbocycles. The van der Waals surface area contributed by atoms with E-state index in [1.807, 2.05) is 6.92 Å². The van der Waals surface area contributed by atoms with Crippen molar-refractivity contribution in [2.24, 2.45) is 0 Å². The van der Waals surface area contributed by atoms with Crippen molar-refractivity contribution in [3.63, 3.8) is 0 Å². The smallest absolute Gasteiger partial charge is 0.265 e. The fraction of sp³-hybridized carbons (Fsp3) is 0.182. The number of hydrogen-bond donors (Lipinski definition) is 3. The van der Waals surface area contributed by atoms with Crippen LogP contribution < -0.4 is 10.5 Å². The number of aryl methyl sites for hydroxylation is 1. The third-order valence-corrected chi connectivity index (χ3v) is 4.11. The fourth-order valence-corrected chi connectivity index (χ4v) is 2.69. The molecular weight excluding hydrogens is 252 g/mol. The Balaban J connectivity index is 2.40. The first-order valence-electron chi connectivity index (χ1n) is 5.30. The van der Waals surface area contributed by atoms with Gasteiger partial charge in [-0.15, -0.1) is 0 Å². The Hall–Kier alpha value is -2.02. The average molecular weight is 266 g/mol. The van der Waals surface area contributed by atoms with E-state index in [1.54, 1.807) is 19.1 Å². The Labute approximate surface area is 105 Å². The maximum absolute atomic E-state index is 12.1. The predicted octanol–water partition coefficient (Wildman–Crippen LogP) is 1.41. The molecule has 0 unspecified atom stereocenters. The average Bonchev–Trinajstić information content (AvgIpc) is 2.61. The molecule has 18 heavy (non-hydrogen) atoms. The Morgan fingerprint density at radius 1 is 1.28 bits per heavy atom. The molecule has 2 aromatic rings. The van der Waals surface area contributed by atoms with Crippen molar-refractivity contribution >= 4 is 21.5 Å². The zero-order valence-electron chi connectivity index (χ0n) is 10.1. The van der Waals surface area contributed by atoms with Gasteiger partial charge in [0.2, 0.25) is 0 Å². The van der Waals surface area contributed by atoms with Crippen LogP contribution in [0, 0.1) is 13.8 Å². The van der Waals surface area contributed by atoms with E-state index in [0.29, 0.717) is 0 Å². The monoisotopic (exact) mass is 266 g/mol. The standard InChI is InChI=1S/C11H14N4O2S/c1-7-8(2)13-14-11(7)15-18(16,17)10-6-4-3-5-9(10)12/h3-6H,12H2,1-2H3,(H2,13,14,15). The number of aromatic amines is 1. The lowest BCUT2D eigenvalue weighted by Crippen LogP contribution is -2.15. The maximum atomic E-state index is 12.1. The Morgan fingerprint density at radius 2 is 1.94 bits per heavy atom. The van der Waals surface area contributed by atoms with Gasteiger partial charge in [0.1, 0.15) is 4.90 Å². The van der Waals surface area contributed by atoms with E-state index in [1.165, 1.54) is 12.1 Å². The lowest BCUT2D eigenvalue weighted by atomic mass is 10.3. The summed E-state index contributed by atoms with van der Waals surface area (Å²) >= 11 is 0. The third-order valence-electron chi connectivity index (χ3n) is 2.69. The number of hydrogen-bond acceptors (Lipinski definition) is 4. The molecule has 0 saturated heterocycles. The van der Waals surface area contributed by atoms with Crippen LogP contribution in [0.25, 0.3) is 0 Å². The molecule has 4 N–H and O–H groups in total. The SMILES string of the molecule is Cc1[nH]nc(NS(=O)(=O)c2ccccc2N)c1C. The highest BCUT2D eigenvalue weighted by Gasteiger charge is 2.19. The number of anilines is 2. The number of nitrogen functional groups attached to an aromatic ring is 1. The van der Waals surface area contributed by atoms with E-state index in [-0.39, 0.29) is 16.4 Å². The summed E-state index contributed by atoms with van der Waals surface area (Å²) in [5.74, 6) is 0.288. The quantitative estimate of drug-likeness (QED) is 0.731. The fourth-order valence-electron chi connectivity index (χ4n) is 1.49. The minimum Gasteiger partial charge on any atom is -0.398 e. The van der Waals surface area contributed by atoms with E-state index in [0.717, 1.165) is 11.3 Å². The molecule has 0 fully saturated rings. The summed E-state index contributed by atoms with van der Waals surface area (Å²) < 4.78 is 26.7. The number of nitrogens with one attached hydrogen (secondary N) is 2. The summed E-state index contributed by atoms with van der Waals surface area (Å²) in [6.07, 6.45) is 0. The molecule has 0 bridgehead atoms. The molecule has 96 valence electrons. The molecule has 0 spiro atoms. The van der Waals surface area contributed by atoms with Gasteiger partial charge in [-0.3, -0.25) is 9.82 Å². The second-order valence-corrected chi connectivity index (χ2v) is 5.62. The first kappa shape index (κ1) is 12.4. The molecular formula is C11H14N4O2S. The van der Waals surface area contributed by atoms with Crippen molar-refractivity contribution in [1.82, 2.24) is 10.2 Å². The highest BCUT2D eigenvalue weighted by molar-refractivity contribution is 7.92. The Morgan fingerprint density at radius 3 is 2.50 bits per heavy atom. The number of H-pyrrole nitrogens is 1. The predicted molar refractivity (Wildman–Crippen MR) is 69.7 cm³/mol. The second kappa shape index (κ2) is 4.34. The number of para-hydroxylation sites is 1. The first-order chi connectivity index (χ1) is 8.42. The van der Waals surface area contributed by atoms with Gasteiger partial charge in [-0.25, -0.2) is 8.42 Å². The molecule has 1 aromatic heterocycles. The van der Waals surface area contributed by atoms with E-state index < -0.39 is 10.0 Å². The van der Waals surface area contributed by atoms with Gasteiger partial charge in [-0.05, 0) is 26.0 Å². The van der Waals surface area contributed by atoms with Crippen LogP contribution in [-0.4, -0.2) is 18.6 Å². The van der Waals surface area contributed by atoms with E-state index in [4.69, 9.17) is 5.73 Å². The van der Waals surface area contributed by atoms with E-state index in [2.05, 4.69) is 14.9 Å². The van der Waals surface area contributed by atoms with Crippen molar-refractivity contribution in [3.05, 3.63) is 35.5 Å². The molecule has 0 radical (unpaired) electrons. The zero-order chi connectivity index (χ0) is 13.3. The van der Waals surface area contributed by atoms with Crippen LogP contribution in [0.5, 0.6) is 0 Å². The zero-order valence-corrected chi connectivity index (χ0v) is 10.9. The number of nitrogens with two attached hydrogens (primary N) is 1. The minimum atomic E-state index is -3.71. The van der Waals surface area contributed by atoms with Crippen LogP contribution >= 0.6 is 0 Å². The van der Waals surface area contributed by atoms with Crippen LogP contribution in [0.2, 0.25) is 0 Å². The van der Waals surface area contributed by atoms with Crippen molar-refractivity contribution in [2.45, 2.75) is 18.7 Å². The van der Waals surface area contributed by atoms with Crippen LogP contribution in [0.4, 0.5) is 11.5 Å².